The second kappa shape index (κ2) is 5.00. The molecule has 4 heteroatoms. The molecule has 1 aromatic carbocycles. The van der Waals surface area contributed by atoms with Crippen LogP contribution in [0.3, 0.4) is 0 Å². The van der Waals surface area contributed by atoms with Gasteiger partial charge in [0, 0.05) is 9.79 Å². The molecule has 0 bridgehead atoms. The fraction of sp³-hybridized carbons (Fsp3) is 0.455. The van der Waals surface area contributed by atoms with E-state index in [2.05, 4.69) is 0 Å². The molecule has 15 heavy (non-hydrogen) atoms. The van der Waals surface area contributed by atoms with Crippen LogP contribution in [0.4, 0.5) is 0 Å². The Hall–Kier alpha value is 0.170. The van der Waals surface area contributed by atoms with E-state index in [-0.39, 0.29) is 0 Å². The van der Waals surface area contributed by atoms with Crippen LogP contribution in [0.15, 0.2) is 21.9 Å². The van der Waals surface area contributed by atoms with E-state index in [1.54, 1.807) is 37.4 Å². The minimum atomic E-state index is -0.842. The van der Waals surface area contributed by atoms with Crippen LogP contribution in [0.25, 0.3) is 0 Å². The Kier molecular flexibility index (Phi) is 4.41. The molecule has 0 radical (unpaired) electrons. The van der Waals surface area contributed by atoms with Gasteiger partial charge < -0.3 is 5.11 Å². The Morgan fingerprint density at radius 1 is 1.20 bits per heavy atom. The molecular weight excluding hydrogens is 248 g/mol. The van der Waals surface area contributed by atoms with Gasteiger partial charge in [-0.15, -0.1) is 23.5 Å². The summed E-state index contributed by atoms with van der Waals surface area (Å²) < 4.78 is 0. The fourth-order valence-corrected chi connectivity index (χ4v) is 3.33. The van der Waals surface area contributed by atoms with Crippen LogP contribution in [-0.4, -0.2) is 17.6 Å². The third kappa shape index (κ3) is 3.06. The highest BCUT2D eigenvalue weighted by atomic mass is 35.5. The van der Waals surface area contributed by atoms with E-state index >= 15 is 0 Å². The lowest BCUT2D eigenvalue weighted by Crippen LogP contribution is -2.15. The van der Waals surface area contributed by atoms with E-state index in [0.29, 0.717) is 5.02 Å². The molecule has 0 saturated carbocycles. The van der Waals surface area contributed by atoms with Gasteiger partial charge in [-0.2, -0.15) is 0 Å². The standard InChI is InChI=1S/C11H15ClOS2/c1-11(2,13)7-5-8(12)10(15-4)9(6-7)14-3/h5-6,13H,1-4H3. The first kappa shape index (κ1) is 13.2. The number of hydrogen-bond acceptors (Lipinski definition) is 3. The predicted molar refractivity (Wildman–Crippen MR) is 70.3 cm³/mol. The van der Waals surface area contributed by atoms with Crippen molar-refractivity contribution in [3.63, 3.8) is 0 Å². The maximum Gasteiger partial charge on any atom is 0.0841 e. The van der Waals surface area contributed by atoms with Crippen molar-refractivity contribution in [3.8, 4) is 0 Å². The van der Waals surface area contributed by atoms with E-state index < -0.39 is 5.60 Å². The zero-order valence-corrected chi connectivity index (χ0v) is 11.7. The summed E-state index contributed by atoms with van der Waals surface area (Å²) in [5, 5.41) is 10.6. The molecule has 0 aliphatic rings. The summed E-state index contributed by atoms with van der Waals surface area (Å²) in [6.45, 7) is 3.53. The van der Waals surface area contributed by atoms with Gasteiger partial charge in [0.1, 0.15) is 0 Å². The lowest BCUT2D eigenvalue weighted by Gasteiger charge is -2.20. The Morgan fingerprint density at radius 3 is 2.20 bits per heavy atom. The minimum Gasteiger partial charge on any atom is -0.386 e. The van der Waals surface area contributed by atoms with Gasteiger partial charge in [0.25, 0.3) is 0 Å². The summed E-state index contributed by atoms with van der Waals surface area (Å²) in [6, 6.07) is 3.84. The molecule has 0 aromatic heterocycles. The number of thioether (sulfide) groups is 2. The maximum atomic E-state index is 9.92. The molecule has 0 heterocycles. The van der Waals surface area contributed by atoms with E-state index in [1.807, 2.05) is 24.6 Å². The van der Waals surface area contributed by atoms with E-state index in [4.69, 9.17) is 11.6 Å². The van der Waals surface area contributed by atoms with Crippen molar-refractivity contribution in [2.75, 3.05) is 12.5 Å². The SMILES string of the molecule is CSc1cc(C(C)(C)O)cc(Cl)c1SC. The van der Waals surface area contributed by atoms with Gasteiger partial charge >= 0.3 is 0 Å². The van der Waals surface area contributed by atoms with Crippen molar-refractivity contribution in [2.24, 2.45) is 0 Å². The lowest BCUT2D eigenvalue weighted by molar-refractivity contribution is 0.0783. The molecule has 1 nitrogen and oxygen atoms in total. The second-order valence-electron chi connectivity index (χ2n) is 3.75. The molecule has 1 N–H and O–H groups in total. The summed E-state index contributed by atoms with van der Waals surface area (Å²) >= 11 is 9.45. The van der Waals surface area contributed by atoms with Gasteiger partial charge in [-0.1, -0.05) is 11.6 Å². The van der Waals surface area contributed by atoms with Gasteiger partial charge in [-0.05, 0) is 44.1 Å². The van der Waals surface area contributed by atoms with Crippen LogP contribution in [0.5, 0.6) is 0 Å². The van der Waals surface area contributed by atoms with Crippen LogP contribution in [0, 0.1) is 0 Å². The zero-order chi connectivity index (χ0) is 11.6. The Morgan fingerprint density at radius 2 is 1.80 bits per heavy atom. The first-order chi connectivity index (χ1) is 6.90. The van der Waals surface area contributed by atoms with Crippen LogP contribution < -0.4 is 0 Å². The van der Waals surface area contributed by atoms with Crippen molar-refractivity contribution in [2.45, 2.75) is 29.2 Å². The lowest BCUT2D eigenvalue weighted by atomic mass is 9.99. The molecule has 1 rings (SSSR count). The highest BCUT2D eigenvalue weighted by Gasteiger charge is 2.19. The van der Waals surface area contributed by atoms with Crippen LogP contribution in [-0.2, 0) is 5.60 Å². The Balaban J connectivity index is 3.32. The van der Waals surface area contributed by atoms with Gasteiger partial charge in [-0.3, -0.25) is 0 Å². The van der Waals surface area contributed by atoms with Gasteiger partial charge in [0.05, 0.1) is 10.6 Å². The molecule has 0 aliphatic heterocycles. The van der Waals surface area contributed by atoms with Crippen molar-refractivity contribution in [3.05, 3.63) is 22.7 Å². The van der Waals surface area contributed by atoms with Crippen molar-refractivity contribution in [1.29, 1.82) is 0 Å². The Labute approximate surface area is 105 Å². The number of benzene rings is 1. The Bertz CT molecular complexity index is 358. The van der Waals surface area contributed by atoms with Crippen LogP contribution in [0.2, 0.25) is 5.02 Å². The molecule has 0 aliphatic carbocycles. The number of rotatable bonds is 3. The maximum absolute atomic E-state index is 9.92. The third-order valence-electron chi connectivity index (χ3n) is 2.14. The fourth-order valence-electron chi connectivity index (χ4n) is 1.27. The highest BCUT2D eigenvalue weighted by Crippen LogP contribution is 2.37. The quantitative estimate of drug-likeness (QED) is 0.832. The second-order valence-corrected chi connectivity index (χ2v) is 5.82. The van der Waals surface area contributed by atoms with Gasteiger partial charge in [0.2, 0.25) is 0 Å². The zero-order valence-electron chi connectivity index (χ0n) is 9.30. The normalized spacial score (nSPS) is 11.9. The molecule has 84 valence electrons. The molecule has 0 fully saturated rings. The third-order valence-corrected chi connectivity index (χ3v) is 4.29. The minimum absolute atomic E-state index is 0.714. The molecule has 0 atom stereocenters. The van der Waals surface area contributed by atoms with E-state index in [0.717, 1.165) is 15.4 Å². The molecule has 0 spiro atoms. The monoisotopic (exact) mass is 262 g/mol. The topological polar surface area (TPSA) is 20.2 Å². The van der Waals surface area contributed by atoms with Crippen LogP contribution >= 0.6 is 35.1 Å². The summed E-state index contributed by atoms with van der Waals surface area (Å²) in [6.07, 6.45) is 4.02. The average Bonchev–Trinajstić information content (AvgIpc) is 2.15. The summed E-state index contributed by atoms with van der Waals surface area (Å²) in [7, 11) is 0. The van der Waals surface area contributed by atoms with Crippen molar-refractivity contribution in [1.82, 2.24) is 0 Å². The largest absolute Gasteiger partial charge is 0.386 e. The number of halogens is 1. The molecule has 0 saturated heterocycles. The van der Waals surface area contributed by atoms with Crippen LogP contribution in [0.1, 0.15) is 19.4 Å². The van der Waals surface area contributed by atoms with Gasteiger partial charge in [0.15, 0.2) is 0 Å². The summed E-state index contributed by atoms with van der Waals surface area (Å²) in [4.78, 5) is 2.20. The summed E-state index contributed by atoms with van der Waals surface area (Å²) in [5.41, 5.74) is 0.0140. The van der Waals surface area contributed by atoms with E-state index in [1.165, 1.54) is 0 Å². The highest BCUT2D eigenvalue weighted by molar-refractivity contribution is 8.01. The van der Waals surface area contributed by atoms with Gasteiger partial charge in [-0.25, -0.2) is 0 Å². The van der Waals surface area contributed by atoms with Crippen molar-refractivity contribution < 1.29 is 5.11 Å². The number of hydrogen-bond donors (Lipinski definition) is 1. The first-order valence-corrected chi connectivity index (χ1v) is 7.37. The molecule has 1 aromatic rings. The molecule has 0 amide bonds. The smallest absolute Gasteiger partial charge is 0.0841 e. The van der Waals surface area contributed by atoms with E-state index in [9.17, 15) is 5.11 Å². The molecular formula is C11H15ClOS2. The molecule has 0 unspecified atom stereocenters. The first-order valence-electron chi connectivity index (χ1n) is 4.54. The van der Waals surface area contributed by atoms with Crippen molar-refractivity contribution >= 4 is 35.1 Å². The number of aliphatic hydroxyl groups is 1. The predicted octanol–water partition coefficient (Wildman–Crippen LogP) is 4.01. The summed E-state index contributed by atoms with van der Waals surface area (Å²) in [5.74, 6) is 0. The average molecular weight is 263 g/mol.